The molecule has 0 spiro atoms. The monoisotopic (exact) mass is 260 g/mol. The van der Waals surface area contributed by atoms with E-state index in [2.05, 4.69) is 61.4 Å². The first kappa shape index (κ1) is 14.5. The third-order valence-corrected chi connectivity index (χ3v) is 4.69. The maximum atomic E-state index is 3.55. The molecular formula is C17H28N2. The number of nitrogens with one attached hydrogen (secondary N) is 1. The Morgan fingerprint density at radius 3 is 2.37 bits per heavy atom. The first-order chi connectivity index (χ1) is 9.14. The van der Waals surface area contributed by atoms with Crippen LogP contribution in [-0.2, 0) is 6.42 Å². The van der Waals surface area contributed by atoms with Gasteiger partial charge in [0.15, 0.2) is 0 Å². The SMILES string of the molecule is CNC(CCc1ccccc1)C(C)(C)N1CCCC1. The largest absolute Gasteiger partial charge is 0.315 e. The van der Waals surface area contributed by atoms with Gasteiger partial charge in [-0.25, -0.2) is 0 Å². The molecule has 1 aliphatic rings. The zero-order chi connectivity index (χ0) is 13.7. The average molecular weight is 260 g/mol. The number of likely N-dealkylation sites (tertiary alicyclic amines) is 1. The van der Waals surface area contributed by atoms with E-state index < -0.39 is 0 Å². The smallest absolute Gasteiger partial charge is 0.0306 e. The van der Waals surface area contributed by atoms with E-state index in [0.29, 0.717) is 6.04 Å². The van der Waals surface area contributed by atoms with Crippen LogP contribution in [0.3, 0.4) is 0 Å². The Labute approximate surface area is 118 Å². The van der Waals surface area contributed by atoms with Crippen molar-refractivity contribution in [1.29, 1.82) is 0 Å². The van der Waals surface area contributed by atoms with Gasteiger partial charge in [0.1, 0.15) is 0 Å². The Bertz CT molecular complexity index is 366. The zero-order valence-corrected chi connectivity index (χ0v) is 12.7. The highest BCUT2D eigenvalue weighted by atomic mass is 15.2. The van der Waals surface area contributed by atoms with Gasteiger partial charge in [-0.1, -0.05) is 30.3 Å². The topological polar surface area (TPSA) is 15.3 Å². The van der Waals surface area contributed by atoms with Gasteiger partial charge in [-0.05, 0) is 65.2 Å². The number of rotatable bonds is 6. The lowest BCUT2D eigenvalue weighted by Gasteiger charge is -2.42. The van der Waals surface area contributed by atoms with Gasteiger partial charge >= 0.3 is 0 Å². The van der Waals surface area contributed by atoms with Crippen molar-refractivity contribution in [2.75, 3.05) is 20.1 Å². The molecule has 2 rings (SSSR count). The van der Waals surface area contributed by atoms with E-state index in [1.807, 2.05) is 0 Å². The number of likely N-dealkylation sites (N-methyl/N-ethyl adjacent to an activating group) is 1. The van der Waals surface area contributed by atoms with Crippen LogP contribution < -0.4 is 5.32 Å². The molecule has 0 aromatic heterocycles. The van der Waals surface area contributed by atoms with Gasteiger partial charge in [-0.2, -0.15) is 0 Å². The molecule has 1 aliphatic heterocycles. The summed E-state index contributed by atoms with van der Waals surface area (Å²) >= 11 is 0. The lowest BCUT2D eigenvalue weighted by molar-refractivity contribution is 0.106. The normalized spacial score (nSPS) is 18.7. The molecule has 0 saturated carbocycles. The Morgan fingerprint density at radius 2 is 1.79 bits per heavy atom. The first-order valence-electron chi connectivity index (χ1n) is 7.61. The highest BCUT2D eigenvalue weighted by Crippen LogP contribution is 2.26. The molecule has 0 radical (unpaired) electrons. The molecule has 1 N–H and O–H groups in total. The van der Waals surface area contributed by atoms with Crippen molar-refractivity contribution in [1.82, 2.24) is 10.2 Å². The highest BCUT2D eigenvalue weighted by molar-refractivity contribution is 5.15. The molecule has 1 fully saturated rings. The van der Waals surface area contributed by atoms with E-state index in [-0.39, 0.29) is 5.54 Å². The van der Waals surface area contributed by atoms with Crippen LogP contribution in [0.5, 0.6) is 0 Å². The first-order valence-corrected chi connectivity index (χ1v) is 7.61. The lowest BCUT2D eigenvalue weighted by atomic mass is 9.88. The molecule has 0 bridgehead atoms. The zero-order valence-electron chi connectivity index (χ0n) is 12.7. The summed E-state index contributed by atoms with van der Waals surface area (Å²) in [6, 6.07) is 11.4. The average Bonchev–Trinajstić information content (AvgIpc) is 2.95. The summed E-state index contributed by atoms with van der Waals surface area (Å²) in [5.41, 5.74) is 1.69. The van der Waals surface area contributed by atoms with Crippen LogP contribution in [0, 0.1) is 0 Å². The maximum absolute atomic E-state index is 3.55. The molecule has 1 atom stereocenters. The second kappa shape index (κ2) is 6.53. The van der Waals surface area contributed by atoms with E-state index in [4.69, 9.17) is 0 Å². The molecule has 2 nitrogen and oxygen atoms in total. The van der Waals surface area contributed by atoms with Gasteiger partial charge in [0, 0.05) is 11.6 Å². The maximum Gasteiger partial charge on any atom is 0.0306 e. The summed E-state index contributed by atoms with van der Waals surface area (Å²) < 4.78 is 0. The second-order valence-corrected chi connectivity index (χ2v) is 6.21. The molecular weight excluding hydrogens is 232 g/mol. The van der Waals surface area contributed by atoms with E-state index in [1.54, 1.807) is 0 Å². The van der Waals surface area contributed by atoms with Crippen molar-refractivity contribution in [3.05, 3.63) is 35.9 Å². The van der Waals surface area contributed by atoms with Crippen molar-refractivity contribution >= 4 is 0 Å². The van der Waals surface area contributed by atoms with Gasteiger partial charge in [0.05, 0.1) is 0 Å². The van der Waals surface area contributed by atoms with Crippen LogP contribution >= 0.6 is 0 Å². The minimum Gasteiger partial charge on any atom is -0.315 e. The summed E-state index contributed by atoms with van der Waals surface area (Å²) in [7, 11) is 2.10. The molecule has 2 heteroatoms. The second-order valence-electron chi connectivity index (χ2n) is 6.21. The third kappa shape index (κ3) is 3.58. The summed E-state index contributed by atoms with van der Waals surface area (Å²) in [5, 5.41) is 3.55. The van der Waals surface area contributed by atoms with Crippen LogP contribution in [0.4, 0.5) is 0 Å². The molecule has 0 amide bonds. The quantitative estimate of drug-likeness (QED) is 0.845. The Balaban J connectivity index is 1.95. The summed E-state index contributed by atoms with van der Waals surface area (Å²) in [6.07, 6.45) is 5.07. The highest BCUT2D eigenvalue weighted by Gasteiger charge is 2.35. The Morgan fingerprint density at radius 1 is 1.16 bits per heavy atom. The fourth-order valence-corrected chi connectivity index (χ4v) is 3.32. The molecule has 1 aromatic carbocycles. The van der Waals surface area contributed by atoms with Crippen LogP contribution in [-0.4, -0.2) is 36.6 Å². The van der Waals surface area contributed by atoms with Crippen LogP contribution in [0.25, 0.3) is 0 Å². The number of hydrogen-bond acceptors (Lipinski definition) is 2. The summed E-state index contributed by atoms with van der Waals surface area (Å²) in [6.45, 7) is 7.31. The minimum atomic E-state index is 0.250. The molecule has 1 aromatic rings. The lowest BCUT2D eigenvalue weighted by Crippen LogP contribution is -2.56. The molecule has 1 unspecified atom stereocenters. The van der Waals surface area contributed by atoms with E-state index in [0.717, 1.165) is 6.42 Å². The van der Waals surface area contributed by atoms with Crippen LogP contribution in [0.2, 0.25) is 0 Å². The molecule has 1 heterocycles. The van der Waals surface area contributed by atoms with E-state index >= 15 is 0 Å². The van der Waals surface area contributed by atoms with Gasteiger partial charge in [-0.3, -0.25) is 4.90 Å². The molecule has 1 saturated heterocycles. The summed E-state index contributed by atoms with van der Waals surface area (Å²) in [5.74, 6) is 0. The Hall–Kier alpha value is -0.860. The van der Waals surface area contributed by atoms with Crippen molar-refractivity contribution in [3.63, 3.8) is 0 Å². The van der Waals surface area contributed by atoms with Gasteiger partial charge in [-0.15, -0.1) is 0 Å². The van der Waals surface area contributed by atoms with E-state index in [1.165, 1.54) is 37.9 Å². The predicted octanol–water partition coefficient (Wildman–Crippen LogP) is 3.08. The van der Waals surface area contributed by atoms with Crippen molar-refractivity contribution in [3.8, 4) is 0 Å². The fourth-order valence-electron chi connectivity index (χ4n) is 3.32. The van der Waals surface area contributed by atoms with Crippen LogP contribution in [0.1, 0.15) is 38.7 Å². The minimum absolute atomic E-state index is 0.250. The molecule has 19 heavy (non-hydrogen) atoms. The fraction of sp³-hybridized carbons (Fsp3) is 0.647. The van der Waals surface area contributed by atoms with Crippen LogP contribution in [0.15, 0.2) is 30.3 Å². The number of benzene rings is 1. The number of hydrogen-bond donors (Lipinski definition) is 1. The Kier molecular flexibility index (Phi) is 5.00. The number of aryl methyl sites for hydroxylation is 1. The van der Waals surface area contributed by atoms with Crippen molar-refractivity contribution < 1.29 is 0 Å². The van der Waals surface area contributed by atoms with Crippen molar-refractivity contribution in [2.24, 2.45) is 0 Å². The van der Waals surface area contributed by atoms with Gasteiger partial charge in [0.25, 0.3) is 0 Å². The summed E-state index contributed by atoms with van der Waals surface area (Å²) in [4.78, 5) is 2.65. The van der Waals surface area contributed by atoms with Crippen molar-refractivity contribution in [2.45, 2.75) is 51.1 Å². The van der Waals surface area contributed by atoms with E-state index in [9.17, 15) is 0 Å². The predicted molar refractivity (Wildman–Crippen MR) is 82.5 cm³/mol. The molecule has 106 valence electrons. The number of nitrogens with zero attached hydrogens (tertiary/aromatic N) is 1. The third-order valence-electron chi connectivity index (χ3n) is 4.69. The van der Waals surface area contributed by atoms with Gasteiger partial charge in [0.2, 0.25) is 0 Å². The van der Waals surface area contributed by atoms with Gasteiger partial charge < -0.3 is 5.32 Å². The molecule has 0 aliphatic carbocycles. The standard InChI is InChI=1S/C17H28N2/c1-17(2,19-13-7-8-14-19)16(18-3)12-11-15-9-5-4-6-10-15/h4-6,9-10,16,18H,7-8,11-14H2,1-3H3.